The van der Waals surface area contributed by atoms with Crippen LogP contribution in [0.25, 0.3) is 0 Å². The Hall–Kier alpha value is -1.80. The molecule has 0 bridgehead atoms. The van der Waals surface area contributed by atoms with Crippen LogP contribution in [0.3, 0.4) is 0 Å². The predicted octanol–water partition coefficient (Wildman–Crippen LogP) is 3.23. The van der Waals surface area contributed by atoms with Crippen molar-refractivity contribution in [1.29, 1.82) is 5.26 Å². The van der Waals surface area contributed by atoms with Gasteiger partial charge in [-0.15, -0.1) is 0 Å². The Bertz CT molecular complexity index is 625. The van der Waals surface area contributed by atoms with Gasteiger partial charge in [0.2, 0.25) is 0 Å². The SMILES string of the molecule is CCc1nn(C)cc1CNc1ccc(C#N)cc1Br. The standard InChI is InChI=1S/C14H15BrN4/c1-3-13-11(9-19(2)18-13)8-17-14-5-4-10(7-16)6-12(14)15/h4-6,9,17H,3,8H2,1-2H3. The predicted molar refractivity (Wildman–Crippen MR) is 78.8 cm³/mol. The zero-order valence-electron chi connectivity index (χ0n) is 10.9. The Labute approximate surface area is 121 Å². The first-order valence-electron chi connectivity index (χ1n) is 6.09. The van der Waals surface area contributed by atoms with E-state index in [-0.39, 0.29) is 0 Å². The molecule has 0 aliphatic rings. The van der Waals surface area contributed by atoms with Crippen LogP contribution >= 0.6 is 15.9 Å². The van der Waals surface area contributed by atoms with Gasteiger partial charge in [0.05, 0.1) is 17.3 Å². The Morgan fingerprint density at radius 1 is 1.47 bits per heavy atom. The lowest BCUT2D eigenvalue weighted by molar-refractivity contribution is 0.746. The average molecular weight is 319 g/mol. The van der Waals surface area contributed by atoms with Gasteiger partial charge in [0.25, 0.3) is 0 Å². The molecule has 0 saturated carbocycles. The molecule has 1 aromatic heterocycles. The molecule has 1 heterocycles. The summed E-state index contributed by atoms with van der Waals surface area (Å²) < 4.78 is 2.73. The van der Waals surface area contributed by atoms with Gasteiger partial charge < -0.3 is 5.32 Å². The fourth-order valence-corrected chi connectivity index (χ4v) is 2.47. The lowest BCUT2D eigenvalue weighted by Crippen LogP contribution is -2.01. The van der Waals surface area contributed by atoms with Gasteiger partial charge in [0, 0.05) is 35.5 Å². The third-order valence-corrected chi connectivity index (χ3v) is 3.55. The summed E-state index contributed by atoms with van der Waals surface area (Å²) in [5.74, 6) is 0. The van der Waals surface area contributed by atoms with Crippen LogP contribution in [-0.2, 0) is 20.0 Å². The van der Waals surface area contributed by atoms with E-state index >= 15 is 0 Å². The van der Waals surface area contributed by atoms with E-state index in [9.17, 15) is 0 Å². The summed E-state index contributed by atoms with van der Waals surface area (Å²) in [7, 11) is 1.93. The molecule has 0 aliphatic carbocycles. The molecule has 0 fully saturated rings. The molecule has 98 valence electrons. The highest BCUT2D eigenvalue weighted by atomic mass is 79.9. The minimum Gasteiger partial charge on any atom is -0.380 e. The third-order valence-electron chi connectivity index (χ3n) is 2.89. The van der Waals surface area contributed by atoms with Crippen LogP contribution in [0.1, 0.15) is 23.7 Å². The first-order chi connectivity index (χ1) is 9.13. The van der Waals surface area contributed by atoms with Crippen LogP contribution in [0, 0.1) is 11.3 Å². The molecular formula is C14H15BrN4. The number of halogens is 1. The van der Waals surface area contributed by atoms with Crippen LogP contribution in [-0.4, -0.2) is 9.78 Å². The molecule has 0 aliphatic heterocycles. The van der Waals surface area contributed by atoms with Crippen LogP contribution < -0.4 is 5.32 Å². The molecule has 0 amide bonds. The summed E-state index contributed by atoms with van der Waals surface area (Å²) in [4.78, 5) is 0. The minimum absolute atomic E-state index is 0.646. The molecule has 0 spiro atoms. The Balaban J connectivity index is 2.12. The van der Waals surface area contributed by atoms with Crippen LogP contribution in [0.15, 0.2) is 28.9 Å². The molecule has 0 saturated heterocycles. The van der Waals surface area contributed by atoms with Gasteiger partial charge in [0.1, 0.15) is 0 Å². The quantitative estimate of drug-likeness (QED) is 0.941. The number of aromatic nitrogens is 2. The second-order valence-electron chi connectivity index (χ2n) is 4.29. The first kappa shape index (κ1) is 13.6. The summed E-state index contributed by atoms with van der Waals surface area (Å²) >= 11 is 3.47. The zero-order chi connectivity index (χ0) is 13.8. The van der Waals surface area contributed by atoms with Crippen molar-refractivity contribution in [3.8, 4) is 6.07 Å². The van der Waals surface area contributed by atoms with Crippen LogP contribution in [0.5, 0.6) is 0 Å². The smallest absolute Gasteiger partial charge is 0.0992 e. The molecular weight excluding hydrogens is 304 g/mol. The van der Waals surface area contributed by atoms with Crippen molar-refractivity contribution in [2.45, 2.75) is 19.9 Å². The summed E-state index contributed by atoms with van der Waals surface area (Å²) in [6.07, 6.45) is 2.95. The number of hydrogen-bond donors (Lipinski definition) is 1. The van der Waals surface area contributed by atoms with E-state index in [0.29, 0.717) is 5.56 Å². The monoisotopic (exact) mass is 318 g/mol. The highest BCUT2D eigenvalue weighted by molar-refractivity contribution is 9.10. The third kappa shape index (κ3) is 3.15. The van der Waals surface area contributed by atoms with E-state index in [2.05, 4.69) is 39.3 Å². The van der Waals surface area contributed by atoms with Gasteiger partial charge in [-0.05, 0) is 40.5 Å². The molecule has 2 rings (SSSR count). The number of aryl methyl sites for hydroxylation is 2. The summed E-state index contributed by atoms with van der Waals surface area (Å²) in [6.45, 7) is 2.82. The normalized spacial score (nSPS) is 10.2. The van der Waals surface area contributed by atoms with E-state index in [0.717, 1.165) is 28.8 Å². The average Bonchev–Trinajstić information content (AvgIpc) is 2.77. The van der Waals surface area contributed by atoms with E-state index in [1.807, 2.05) is 30.1 Å². The molecule has 1 N–H and O–H groups in total. The number of benzene rings is 1. The number of hydrogen-bond acceptors (Lipinski definition) is 3. The maximum absolute atomic E-state index is 8.83. The van der Waals surface area contributed by atoms with Gasteiger partial charge in [-0.25, -0.2) is 0 Å². The molecule has 0 atom stereocenters. The van der Waals surface area contributed by atoms with Gasteiger partial charge in [-0.2, -0.15) is 10.4 Å². The van der Waals surface area contributed by atoms with Crippen molar-refractivity contribution in [1.82, 2.24) is 9.78 Å². The number of rotatable bonds is 4. The fraction of sp³-hybridized carbons (Fsp3) is 0.286. The highest BCUT2D eigenvalue weighted by Crippen LogP contribution is 2.24. The maximum Gasteiger partial charge on any atom is 0.0992 e. The van der Waals surface area contributed by atoms with Crippen molar-refractivity contribution in [2.75, 3.05) is 5.32 Å². The Morgan fingerprint density at radius 3 is 2.89 bits per heavy atom. The van der Waals surface area contributed by atoms with Crippen molar-refractivity contribution in [2.24, 2.45) is 7.05 Å². The first-order valence-corrected chi connectivity index (χ1v) is 6.88. The van der Waals surface area contributed by atoms with Gasteiger partial charge in [0.15, 0.2) is 0 Å². The summed E-state index contributed by atoms with van der Waals surface area (Å²) in [6, 6.07) is 7.64. The lowest BCUT2D eigenvalue weighted by Gasteiger charge is -2.08. The number of anilines is 1. The van der Waals surface area contributed by atoms with E-state index in [4.69, 9.17) is 5.26 Å². The Morgan fingerprint density at radius 2 is 2.26 bits per heavy atom. The number of nitriles is 1. The molecule has 19 heavy (non-hydrogen) atoms. The van der Waals surface area contributed by atoms with Crippen molar-refractivity contribution >= 4 is 21.6 Å². The second kappa shape index (κ2) is 5.89. The van der Waals surface area contributed by atoms with Crippen LogP contribution in [0.2, 0.25) is 0 Å². The Kier molecular flexibility index (Phi) is 4.23. The largest absolute Gasteiger partial charge is 0.380 e. The minimum atomic E-state index is 0.646. The van der Waals surface area contributed by atoms with Gasteiger partial charge >= 0.3 is 0 Å². The molecule has 0 unspecified atom stereocenters. The second-order valence-corrected chi connectivity index (χ2v) is 5.14. The lowest BCUT2D eigenvalue weighted by atomic mass is 10.2. The maximum atomic E-state index is 8.83. The van der Waals surface area contributed by atoms with Crippen molar-refractivity contribution in [3.63, 3.8) is 0 Å². The van der Waals surface area contributed by atoms with Gasteiger partial charge in [-0.1, -0.05) is 6.92 Å². The topological polar surface area (TPSA) is 53.6 Å². The highest BCUT2D eigenvalue weighted by Gasteiger charge is 2.07. The fourth-order valence-electron chi connectivity index (χ4n) is 1.95. The molecule has 4 nitrogen and oxygen atoms in total. The number of nitrogens with zero attached hydrogens (tertiary/aromatic N) is 3. The van der Waals surface area contributed by atoms with Crippen molar-refractivity contribution in [3.05, 3.63) is 45.7 Å². The molecule has 5 heteroatoms. The van der Waals surface area contributed by atoms with Gasteiger partial charge in [-0.3, -0.25) is 4.68 Å². The van der Waals surface area contributed by atoms with Crippen molar-refractivity contribution < 1.29 is 0 Å². The van der Waals surface area contributed by atoms with E-state index in [1.54, 1.807) is 6.07 Å². The van der Waals surface area contributed by atoms with E-state index < -0.39 is 0 Å². The molecule has 2 aromatic rings. The van der Waals surface area contributed by atoms with Crippen LogP contribution in [0.4, 0.5) is 5.69 Å². The number of nitrogens with one attached hydrogen (secondary N) is 1. The molecule has 1 aromatic carbocycles. The molecule has 0 radical (unpaired) electrons. The summed E-state index contributed by atoms with van der Waals surface area (Å²) in [5, 5.41) is 16.6. The zero-order valence-corrected chi connectivity index (χ0v) is 12.5. The summed E-state index contributed by atoms with van der Waals surface area (Å²) in [5.41, 5.74) is 3.93. The van der Waals surface area contributed by atoms with E-state index in [1.165, 1.54) is 5.56 Å².